The number of hydrogen-bond donors (Lipinski definition) is 0. The number of aromatic nitrogens is 2. The van der Waals surface area contributed by atoms with Gasteiger partial charge in [0.1, 0.15) is 11.5 Å². The van der Waals surface area contributed by atoms with Crippen LogP contribution in [0.15, 0.2) is 182 Å². The molecule has 10 aromatic rings. The van der Waals surface area contributed by atoms with E-state index in [4.69, 9.17) is 4.74 Å². The third-order valence-corrected chi connectivity index (χ3v) is 11.4. The first kappa shape index (κ1) is 28.7. The highest BCUT2D eigenvalue weighted by Crippen LogP contribution is 2.48. The van der Waals surface area contributed by atoms with Crippen molar-refractivity contribution in [2.75, 3.05) is 4.90 Å². The van der Waals surface area contributed by atoms with E-state index in [2.05, 4.69) is 196 Å². The lowest BCUT2D eigenvalue weighted by molar-refractivity contribution is 0.487. The van der Waals surface area contributed by atoms with Gasteiger partial charge in [0.25, 0.3) is 6.71 Å². The van der Waals surface area contributed by atoms with Crippen LogP contribution in [0.2, 0.25) is 0 Å². The van der Waals surface area contributed by atoms with E-state index in [-0.39, 0.29) is 6.71 Å². The van der Waals surface area contributed by atoms with Crippen LogP contribution in [0.3, 0.4) is 0 Å². The van der Waals surface area contributed by atoms with Crippen LogP contribution >= 0.6 is 0 Å². The number of anilines is 3. The van der Waals surface area contributed by atoms with Crippen LogP contribution in [0.5, 0.6) is 11.5 Å². The van der Waals surface area contributed by atoms with Crippen molar-refractivity contribution in [1.82, 2.24) is 9.13 Å². The summed E-state index contributed by atoms with van der Waals surface area (Å²) >= 11 is 0. The molecule has 2 aliphatic rings. The number of benzene rings is 8. The lowest BCUT2D eigenvalue weighted by Crippen LogP contribution is -2.59. The lowest BCUT2D eigenvalue weighted by Gasteiger charge is -2.41. The molecular weight excluding hydrogens is 645 g/mol. The maximum atomic E-state index is 6.72. The van der Waals surface area contributed by atoms with Gasteiger partial charge in [0.2, 0.25) is 0 Å². The first-order valence-corrected chi connectivity index (χ1v) is 18.2. The van der Waals surface area contributed by atoms with E-state index in [9.17, 15) is 0 Å². The molecule has 8 aromatic carbocycles. The molecule has 12 rings (SSSR count). The average Bonchev–Trinajstić information content (AvgIpc) is 3.74. The van der Waals surface area contributed by atoms with Crippen molar-refractivity contribution in [2.24, 2.45) is 0 Å². The van der Waals surface area contributed by atoms with Gasteiger partial charge in [-0.15, -0.1) is 0 Å². The highest BCUT2D eigenvalue weighted by atomic mass is 16.5. The average molecular weight is 676 g/mol. The molecule has 0 unspecified atom stereocenters. The molecule has 53 heavy (non-hydrogen) atoms. The fourth-order valence-corrected chi connectivity index (χ4v) is 9.30. The van der Waals surface area contributed by atoms with Gasteiger partial charge in [0.05, 0.1) is 39.1 Å². The van der Waals surface area contributed by atoms with Gasteiger partial charge in [-0.1, -0.05) is 121 Å². The van der Waals surface area contributed by atoms with E-state index < -0.39 is 0 Å². The molecule has 0 N–H and O–H groups in total. The van der Waals surface area contributed by atoms with Gasteiger partial charge < -0.3 is 18.8 Å². The zero-order valence-electron chi connectivity index (χ0n) is 28.6. The van der Waals surface area contributed by atoms with Gasteiger partial charge in [-0.05, 0) is 77.1 Å². The van der Waals surface area contributed by atoms with Gasteiger partial charge in [-0.3, -0.25) is 0 Å². The van der Waals surface area contributed by atoms with Crippen LogP contribution in [-0.4, -0.2) is 15.8 Å². The summed E-state index contributed by atoms with van der Waals surface area (Å²) in [6, 6.07) is 66.0. The summed E-state index contributed by atoms with van der Waals surface area (Å²) < 4.78 is 11.7. The third-order valence-electron chi connectivity index (χ3n) is 11.4. The summed E-state index contributed by atoms with van der Waals surface area (Å²) in [6.45, 7) is 0.0377. The monoisotopic (exact) mass is 675 g/mol. The van der Waals surface area contributed by atoms with Crippen molar-refractivity contribution in [3.63, 3.8) is 0 Å². The quantitative estimate of drug-likeness (QED) is 0.174. The summed E-state index contributed by atoms with van der Waals surface area (Å²) in [6.07, 6.45) is 0. The standard InChI is InChI=1S/C48H30BN3O/c1-7-21-37-31(15-1)32-16-2-8-22-38(32)50(37)43-27-13-28-44(51-39-23-9-3-17-33(39)34-18-4-10-24-40(34)51)48(43)52-41-25-11-5-19-35(41)49-36-20-6-12-29-45(36)53-46-30-14-26-42(52)47(46)49/h1-30H. The van der Waals surface area contributed by atoms with E-state index in [0.717, 1.165) is 39.9 Å². The van der Waals surface area contributed by atoms with Crippen LogP contribution in [0.4, 0.5) is 17.1 Å². The molecule has 246 valence electrons. The zero-order valence-corrected chi connectivity index (χ0v) is 28.6. The minimum absolute atomic E-state index is 0.0377. The number of fused-ring (bicyclic) bond motifs is 10. The maximum absolute atomic E-state index is 6.72. The number of para-hydroxylation sites is 7. The number of ether oxygens (including phenoxy) is 1. The molecule has 0 saturated carbocycles. The Morgan fingerprint density at radius 3 is 1.34 bits per heavy atom. The Morgan fingerprint density at radius 1 is 0.340 bits per heavy atom. The topological polar surface area (TPSA) is 22.3 Å². The van der Waals surface area contributed by atoms with E-state index in [1.807, 2.05) is 0 Å². The second-order valence-electron chi connectivity index (χ2n) is 14.0. The van der Waals surface area contributed by atoms with Crippen LogP contribution < -0.4 is 26.0 Å². The second-order valence-corrected chi connectivity index (χ2v) is 14.0. The third kappa shape index (κ3) is 3.86. The first-order valence-electron chi connectivity index (χ1n) is 18.2. The Kier molecular flexibility index (Phi) is 5.83. The summed E-state index contributed by atoms with van der Waals surface area (Å²) in [5.74, 6) is 1.82. The predicted molar refractivity (Wildman–Crippen MR) is 221 cm³/mol. The highest BCUT2D eigenvalue weighted by molar-refractivity contribution is 6.99. The molecule has 0 atom stereocenters. The molecule has 4 heterocycles. The number of nitrogens with zero attached hydrogens (tertiary/aromatic N) is 3. The second kappa shape index (κ2) is 10.8. The summed E-state index contributed by atoms with van der Waals surface area (Å²) in [4.78, 5) is 2.51. The van der Waals surface area contributed by atoms with Crippen molar-refractivity contribution in [1.29, 1.82) is 0 Å². The Balaban J connectivity index is 1.27. The number of rotatable bonds is 3. The van der Waals surface area contributed by atoms with Crippen LogP contribution in [-0.2, 0) is 0 Å². The fraction of sp³-hybridized carbons (Fsp3) is 0. The first-order chi connectivity index (χ1) is 26.3. The van der Waals surface area contributed by atoms with Crippen molar-refractivity contribution in [3.05, 3.63) is 182 Å². The molecule has 2 aliphatic heterocycles. The van der Waals surface area contributed by atoms with Gasteiger partial charge in [-0.25, -0.2) is 0 Å². The zero-order chi connectivity index (χ0) is 34.6. The Bertz CT molecular complexity index is 2900. The van der Waals surface area contributed by atoms with Crippen LogP contribution in [0.1, 0.15) is 0 Å². The Morgan fingerprint density at radius 2 is 0.755 bits per heavy atom. The van der Waals surface area contributed by atoms with Gasteiger partial charge in [-0.2, -0.15) is 0 Å². The molecule has 0 bridgehead atoms. The molecule has 0 spiro atoms. The molecule has 2 aromatic heterocycles. The molecule has 0 fully saturated rings. The molecule has 5 heteroatoms. The molecule has 0 aliphatic carbocycles. The Hall–Kier alpha value is -6.98. The molecule has 0 amide bonds. The highest BCUT2D eigenvalue weighted by Gasteiger charge is 2.42. The van der Waals surface area contributed by atoms with Crippen LogP contribution in [0, 0.1) is 0 Å². The largest absolute Gasteiger partial charge is 0.458 e. The molecule has 4 nitrogen and oxygen atoms in total. The smallest absolute Gasteiger partial charge is 0.256 e. The minimum Gasteiger partial charge on any atom is -0.458 e. The maximum Gasteiger partial charge on any atom is 0.256 e. The van der Waals surface area contributed by atoms with Gasteiger partial charge in [0, 0.05) is 32.9 Å². The number of hydrogen-bond acceptors (Lipinski definition) is 2. The van der Waals surface area contributed by atoms with E-state index in [1.54, 1.807) is 0 Å². The minimum atomic E-state index is 0.0377. The Labute approximate surface area is 306 Å². The molecular formula is C48H30BN3O. The SMILES string of the molecule is c1ccc2c(c1)Oc1cccc3c1B2c1ccccc1N3c1c(-n2c3ccccc3c3ccccc32)cccc1-n1c2ccccc2c2ccccc21. The van der Waals surface area contributed by atoms with Crippen molar-refractivity contribution in [3.8, 4) is 22.9 Å². The van der Waals surface area contributed by atoms with Gasteiger partial charge >= 0.3 is 0 Å². The van der Waals surface area contributed by atoms with E-state index in [0.29, 0.717) is 0 Å². The summed E-state index contributed by atoms with van der Waals surface area (Å²) in [5, 5.41) is 4.94. The van der Waals surface area contributed by atoms with E-state index >= 15 is 0 Å². The predicted octanol–water partition coefficient (Wildman–Crippen LogP) is 10.3. The molecule has 0 saturated heterocycles. The van der Waals surface area contributed by atoms with Gasteiger partial charge in [0.15, 0.2) is 0 Å². The summed E-state index contributed by atoms with van der Waals surface area (Å²) in [5.41, 5.74) is 13.9. The van der Waals surface area contributed by atoms with E-state index in [1.165, 1.54) is 60.0 Å². The fourth-order valence-electron chi connectivity index (χ4n) is 9.30. The normalized spacial score (nSPS) is 13.0. The van der Waals surface area contributed by atoms with Crippen molar-refractivity contribution in [2.45, 2.75) is 0 Å². The molecule has 0 radical (unpaired) electrons. The summed E-state index contributed by atoms with van der Waals surface area (Å²) in [7, 11) is 0. The van der Waals surface area contributed by atoms with Crippen LogP contribution in [0.25, 0.3) is 55.0 Å². The van der Waals surface area contributed by atoms with Crippen molar-refractivity contribution < 1.29 is 4.74 Å². The van der Waals surface area contributed by atoms with Crippen molar-refractivity contribution >= 4 is 83.8 Å². The lowest BCUT2D eigenvalue weighted by atomic mass is 9.34.